The van der Waals surface area contributed by atoms with Crippen LogP contribution in [0.3, 0.4) is 0 Å². The van der Waals surface area contributed by atoms with Crippen LogP contribution in [0.1, 0.15) is 44.6 Å². The van der Waals surface area contributed by atoms with Crippen LogP contribution < -0.4 is 5.32 Å². The van der Waals surface area contributed by atoms with E-state index >= 15 is 0 Å². The van der Waals surface area contributed by atoms with Gasteiger partial charge >= 0.3 is 0 Å². The Hall–Kier alpha value is -1.68. The molecule has 0 aliphatic carbocycles. The van der Waals surface area contributed by atoms with Crippen molar-refractivity contribution in [2.45, 2.75) is 46.2 Å². The van der Waals surface area contributed by atoms with Crippen LogP contribution >= 0.6 is 0 Å². The second-order valence-electron chi connectivity index (χ2n) is 5.52. The third-order valence-corrected chi connectivity index (χ3v) is 3.84. The molecule has 2 atom stereocenters. The van der Waals surface area contributed by atoms with Gasteiger partial charge in [0.25, 0.3) is 0 Å². The van der Waals surface area contributed by atoms with E-state index in [4.69, 9.17) is 0 Å². The van der Waals surface area contributed by atoms with Crippen LogP contribution in [0.25, 0.3) is 0 Å². The van der Waals surface area contributed by atoms with E-state index in [2.05, 4.69) is 66.5 Å². The molecule has 21 heavy (non-hydrogen) atoms. The predicted molar refractivity (Wildman–Crippen MR) is 86.0 cm³/mol. The molecule has 1 aromatic carbocycles. The molecule has 0 spiro atoms. The molecule has 2 unspecified atom stereocenters. The quantitative estimate of drug-likeness (QED) is 0.810. The summed E-state index contributed by atoms with van der Waals surface area (Å²) in [6, 6.07) is 11.0. The molecule has 0 aliphatic heterocycles. The lowest BCUT2D eigenvalue weighted by atomic mass is 9.91. The maximum Gasteiger partial charge on any atom is 0.138 e. The van der Waals surface area contributed by atoms with E-state index in [9.17, 15) is 0 Å². The van der Waals surface area contributed by atoms with E-state index in [0.717, 1.165) is 31.8 Å². The van der Waals surface area contributed by atoms with E-state index in [-0.39, 0.29) is 0 Å². The number of hydrogen-bond donors (Lipinski definition) is 1. The molecule has 0 bridgehead atoms. The maximum atomic E-state index is 4.41. The monoisotopic (exact) mass is 286 g/mol. The average Bonchev–Trinajstić information content (AvgIpc) is 2.96. The summed E-state index contributed by atoms with van der Waals surface area (Å²) < 4.78 is 1.98. The highest BCUT2D eigenvalue weighted by Crippen LogP contribution is 2.24. The summed E-state index contributed by atoms with van der Waals surface area (Å²) in [4.78, 5) is 4.41. The van der Waals surface area contributed by atoms with Gasteiger partial charge < -0.3 is 5.32 Å². The molecule has 0 saturated carbocycles. The number of hydrogen-bond acceptors (Lipinski definition) is 3. The molecule has 114 valence electrons. The van der Waals surface area contributed by atoms with Crippen molar-refractivity contribution < 1.29 is 0 Å². The zero-order chi connectivity index (χ0) is 15.1. The molecular formula is C17H26N4. The van der Waals surface area contributed by atoms with E-state index in [1.165, 1.54) is 5.56 Å². The number of aryl methyl sites for hydroxylation is 1. The fourth-order valence-electron chi connectivity index (χ4n) is 2.72. The van der Waals surface area contributed by atoms with Crippen molar-refractivity contribution in [3.63, 3.8) is 0 Å². The molecule has 1 heterocycles. The van der Waals surface area contributed by atoms with Gasteiger partial charge in [-0.05, 0) is 31.4 Å². The summed E-state index contributed by atoms with van der Waals surface area (Å²) in [6.45, 7) is 8.50. The van der Waals surface area contributed by atoms with Crippen molar-refractivity contribution in [1.82, 2.24) is 20.1 Å². The molecule has 4 heteroatoms. The summed E-state index contributed by atoms with van der Waals surface area (Å²) in [6.07, 6.45) is 3.73. The van der Waals surface area contributed by atoms with E-state index in [1.807, 2.05) is 4.68 Å². The Morgan fingerprint density at radius 2 is 1.95 bits per heavy atom. The van der Waals surface area contributed by atoms with Gasteiger partial charge in [0.15, 0.2) is 0 Å². The minimum Gasteiger partial charge on any atom is -0.310 e. The zero-order valence-electron chi connectivity index (χ0n) is 13.3. The van der Waals surface area contributed by atoms with E-state index in [0.29, 0.717) is 12.0 Å². The van der Waals surface area contributed by atoms with Gasteiger partial charge in [0, 0.05) is 19.0 Å². The Kier molecular flexibility index (Phi) is 5.93. The predicted octanol–water partition coefficient (Wildman–Crippen LogP) is 3.22. The van der Waals surface area contributed by atoms with Gasteiger partial charge in [0.2, 0.25) is 0 Å². The molecule has 2 rings (SSSR count). The minimum atomic E-state index is 0.355. The number of aromatic nitrogens is 3. The van der Waals surface area contributed by atoms with Crippen LogP contribution in [0.5, 0.6) is 0 Å². The SMILES string of the molecule is CCCNC(c1ccccc1)C(C)Cc1ncnn1CC. The Morgan fingerprint density at radius 3 is 2.62 bits per heavy atom. The third kappa shape index (κ3) is 4.14. The highest BCUT2D eigenvalue weighted by molar-refractivity contribution is 5.20. The first-order valence-electron chi connectivity index (χ1n) is 7.91. The molecule has 0 aliphatic rings. The number of rotatable bonds is 8. The largest absolute Gasteiger partial charge is 0.310 e. The molecule has 0 amide bonds. The Balaban J connectivity index is 2.12. The van der Waals surface area contributed by atoms with Crippen LogP contribution in [-0.4, -0.2) is 21.3 Å². The molecule has 2 aromatic rings. The lowest BCUT2D eigenvalue weighted by Crippen LogP contribution is -2.29. The van der Waals surface area contributed by atoms with Crippen molar-refractivity contribution in [3.8, 4) is 0 Å². The van der Waals surface area contributed by atoms with E-state index in [1.54, 1.807) is 6.33 Å². The summed E-state index contributed by atoms with van der Waals surface area (Å²) >= 11 is 0. The summed E-state index contributed by atoms with van der Waals surface area (Å²) in [5.74, 6) is 1.54. The third-order valence-electron chi connectivity index (χ3n) is 3.84. The van der Waals surface area contributed by atoms with Gasteiger partial charge in [-0.2, -0.15) is 5.10 Å². The molecule has 0 radical (unpaired) electrons. The summed E-state index contributed by atoms with van der Waals surface area (Å²) in [5.41, 5.74) is 1.35. The fraction of sp³-hybridized carbons (Fsp3) is 0.529. The first-order chi connectivity index (χ1) is 10.3. The highest BCUT2D eigenvalue weighted by Gasteiger charge is 2.20. The topological polar surface area (TPSA) is 42.7 Å². The van der Waals surface area contributed by atoms with Crippen LogP contribution in [0.2, 0.25) is 0 Å². The normalized spacial score (nSPS) is 14.0. The maximum absolute atomic E-state index is 4.41. The summed E-state index contributed by atoms with van der Waals surface area (Å²) in [7, 11) is 0. The van der Waals surface area contributed by atoms with Crippen LogP contribution in [0, 0.1) is 5.92 Å². The van der Waals surface area contributed by atoms with Gasteiger partial charge in [-0.15, -0.1) is 0 Å². The number of benzene rings is 1. The van der Waals surface area contributed by atoms with E-state index < -0.39 is 0 Å². The van der Waals surface area contributed by atoms with Gasteiger partial charge in [-0.25, -0.2) is 4.98 Å². The molecule has 0 fully saturated rings. The van der Waals surface area contributed by atoms with Crippen LogP contribution in [0.4, 0.5) is 0 Å². The fourth-order valence-corrected chi connectivity index (χ4v) is 2.72. The number of nitrogens with one attached hydrogen (secondary N) is 1. The molecule has 1 aromatic heterocycles. The Bertz CT molecular complexity index is 521. The minimum absolute atomic E-state index is 0.355. The molecule has 0 saturated heterocycles. The average molecular weight is 286 g/mol. The second-order valence-corrected chi connectivity index (χ2v) is 5.52. The van der Waals surface area contributed by atoms with Crippen molar-refractivity contribution in [1.29, 1.82) is 0 Å². The van der Waals surface area contributed by atoms with Crippen LogP contribution in [-0.2, 0) is 13.0 Å². The molecule has 4 nitrogen and oxygen atoms in total. The second kappa shape index (κ2) is 7.93. The Morgan fingerprint density at radius 1 is 1.19 bits per heavy atom. The lowest BCUT2D eigenvalue weighted by molar-refractivity contribution is 0.372. The highest BCUT2D eigenvalue weighted by atomic mass is 15.3. The van der Waals surface area contributed by atoms with Gasteiger partial charge in [-0.1, -0.05) is 44.2 Å². The van der Waals surface area contributed by atoms with Crippen molar-refractivity contribution in [3.05, 3.63) is 48.0 Å². The molecular weight excluding hydrogens is 260 g/mol. The van der Waals surface area contributed by atoms with Crippen molar-refractivity contribution >= 4 is 0 Å². The first-order valence-corrected chi connectivity index (χ1v) is 7.91. The van der Waals surface area contributed by atoms with Gasteiger partial charge in [-0.3, -0.25) is 4.68 Å². The summed E-state index contributed by atoms with van der Waals surface area (Å²) in [5, 5.41) is 7.95. The Labute approximate surface area is 127 Å². The first kappa shape index (κ1) is 15.7. The van der Waals surface area contributed by atoms with Crippen LogP contribution in [0.15, 0.2) is 36.7 Å². The standard InChI is InChI=1S/C17H26N4/c1-4-11-18-17(15-9-7-6-8-10-15)14(3)12-16-19-13-20-21(16)5-2/h6-10,13-14,17-18H,4-5,11-12H2,1-3H3. The lowest BCUT2D eigenvalue weighted by Gasteiger charge is -2.25. The van der Waals surface area contributed by atoms with Gasteiger partial charge in [0.05, 0.1) is 0 Å². The van der Waals surface area contributed by atoms with Crippen molar-refractivity contribution in [2.24, 2.45) is 5.92 Å². The molecule has 1 N–H and O–H groups in total. The van der Waals surface area contributed by atoms with Crippen molar-refractivity contribution in [2.75, 3.05) is 6.54 Å². The number of nitrogens with zero attached hydrogens (tertiary/aromatic N) is 3. The smallest absolute Gasteiger partial charge is 0.138 e. The van der Waals surface area contributed by atoms with Gasteiger partial charge in [0.1, 0.15) is 12.2 Å². The zero-order valence-corrected chi connectivity index (χ0v) is 13.3.